The van der Waals surface area contributed by atoms with E-state index in [0.29, 0.717) is 12.2 Å². The number of benzene rings is 1. The van der Waals surface area contributed by atoms with Crippen molar-refractivity contribution >= 4 is 29.0 Å². The molecule has 1 heterocycles. The van der Waals surface area contributed by atoms with E-state index < -0.39 is 0 Å². The van der Waals surface area contributed by atoms with Crippen molar-refractivity contribution in [1.29, 1.82) is 0 Å². The third-order valence-electron chi connectivity index (χ3n) is 4.11. The molecule has 0 spiro atoms. The lowest BCUT2D eigenvalue weighted by atomic mass is 10.1. The van der Waals surface area contributed by atoms with E-state index in [1.165, 1.54) is 11.3 Å². The summed E-state index contributed by atoms with van der Waals surface area (Å²) in [6, 6.07) is 5.79. The van der Waals surface area contributed by atoms with Crippen LogP contribution in [0.15, 0.2) is 23.6 Å². The minimum absolute atomic E-state index is 0.00818. The summed E-state index contributed by atoms with van der Waals surface area (Å²) in [5, 5.41) is 8.31. The summed E-state index contributed by atoms with van der Waals surface area (Å²) in [6.07, 6.45) is 0. The molecular weight excluding hydrogens is 360 g/mol. The van der Waals surface area contributed by atoms with Gasteiger partial charge >= 0.3 is 6.03 Å². The van der Waals surface area contributed by atoms with Gasteiger partial charge in [0.05, 0.1) is 6.54 Å². The average Bonchev–Trinajstić information content (AvgIpc) is 3.04. The zero-order valence-electron chi connectivity index (χ0n) is 16.8. The van der Waals surface area contributed by atoms with Crippen LogP contribution in [0.1, 0.15) is 54.3 Å². The number of thiazole rings is 1. The molecule has 0 aliphatic heterocycles. The van der Waals surface area contributed by atoms with E-state index in [2.05, 4.69) is 15.6 Å². The molecule has 0 bridgehead atoms. The zero-order valence-corrected chi connectivity index (χ0v) is 17.6. The summed E-state index contributed by atoms with van der Waals surface area (Å²) in [6.45, 7) is 12.0. The van der Waals surface area contributed by atoms with Gasteiger partial charge in [0.25, 0.3) is 5.91 Å². The molecule has 0 aliphatic rings. The number of hydrogen-bond acceptors (Lipinski definition) is 4. The van der Waals surface area contributed by atoms with Crippen molar-refractivity contribution in [2.45, 2.75) is 60.2 Å². The van der Waals surface area contributed by atoms with Crippen LogP contribution < -0.4 is 10.6 Å². The van der Waals surface area contributed by atoms with Crippen LogP contribution >= 0.6 is 11.3 Å². The standard InChI is InChI=1S/C20H28N4O2S/c1-12(2)21-19(25)16-11-27-17(22-16)10-24(13(3)4)20(26)23-18-14(5)8-7-9-15(18)6/h7-9,11-13H,10H2,1-6H3,(H,21,25)(H,23,26). The Kier molecular flexibility index (Phi) is 6.96. The van der Waals surface area contributed by atoms with Gasteiger partial charge in [0.15, 0.2) is 0 Å². The molecule has 7 heteroatoms. The van der Waals surface area contributed by atoms with E-state index in [4.69, 9.17) is 0 Å². The summed E-state index contributed by atoms with van der Waals surface area (Å²) in [7, 11) is 0. The number of amides is 3. The van der Waals surface area contributed by atoms with Crippen LogP contribution in [0.4, 0.5) is 10.5 Å². The lowest BCUT2D eigenvalue weighted by molar-refractivity contribution is 0.0938. The van der Waals surface area contributed by atoms with Crippen LogP contribution in [0.3, 0.4) is 0 Å². The normalized spacial score (nSPS) is 11.0. The van der Waals surface area contributed by atoms with Crippen LogP contribution in [0.25, 0.3) is 0 Å². The van der Waals surface area contributed by atoms with E-state index in [0.717, 1.165) is 21.8 Å². The Hall–Kier alpha value is -2.41. The smallest absolute Gasteiger partial charge is 0.322 e. The summed E-state index contributed by atoms with van der Waals surface area (Å²) >= 11 is 1.39. The minimum atomic E-state index is -0.191. The van der Waals surface area contributed by atoms with Gasteiger partial charge in [0.2, 0.25) is 0 Å². The van der Waals surface area contributed by atoms with E-state index >= 15 is 0 Å². The summed E-state index contributed by atoms with van der Waals surface area (Å²) < 4.78 is 0. The van der Waals surface area contributed by atoms with Crippen LogP contribution in [0.5, 0.6) is 0 Å². The Morgan fingerprint density at radius 1 is 1.15 bits per heavy atom. The quantitative estimate of drug-likeness (QED) is 0.773. The highest BCUT2D eigenvalue weighted by atomic mass is 32.1. The Balaban J connectivity index is 2.13. The largest absolute Gasteiger partial charge is 0.349 e. The number of nitrogens with one attached hydrogen (secondary N) is 2. The van der Waals surface area contributed by atoms with Crippen LogP contribution in [0.2, 0.25) is 0 Å². The Labute approximate surface area is 165 Å². The van der Waals surface area contributed by atoms with Crippen molar-refractivity contribution in [1.82, 2.24) is 15.2 Å². The maximum Gasteiger partial charge on any atom is 0.322 e. The number of para-hydroxylation sites is 1. The molecule has 0 saturated heterocycles. The first-order chi connectivity index (χ1) is 12.7. The van der Waals surface area contributed by atoms with Gasteiger partial charge in [0, 0.05) is 23.2 Å². The molecule has 2 aromatic rings. The van der Waals surface area contributed by atoms with Gasteiger partial charge in [-0.2, -0.15) is 0 Å². The maximum atomic E-state index is 12.9. The van der Waals surface area contributed by atoms with E-state index in [1.807, 2.05) is 59.7 Å². The predicted molar refractivity (Wildman–Crippen MR) is 110 cm³/mol. The van der Waals surface area contributed by atoms with Crippen LogP contribution in [0, 0.1) is 13.8 Å². The minimum Gasteiger partial charge on any atom is -0.349 e. The SMILES string of the molecule is Cc1cccc(C)c1NC(=O)N(Cc1nc(C(=O)NC(C)C)cs1)C(C)C. The lowest BCUT2D eigenvalue weighted by Crippen LogP contribution is -2.39. The molecular formula is C20H28N4O2S. The first-order valence-corrected chi connectivity index (χ1v) is 9.96. The van der Waals surface area contributed by atoms with Crippen LogP contribution in [-0.2, 0) is 6.54 Å². The molecule has 3 amide bonds. The molecule has 0 atom stereocenters. The fourth-order valence-corrected chi connectivity index (χ4v) is 3.42. The number of aromatic nitrogens is 1. The van der Waals surface area contributed by atoms with E-state index in [9.17, 15) is 9.59 Å². The number of rotatable bonds is 6. The van der Waals surface area contributed by atoms with Crippen molar-refractivity contribution in [3.63, 3.8) is 0 Å². The van der Waals surface area contributed by atoms with Gasteiger partial charge in [-0.3, -0.25) is 4.79 Å². The molecule has 0 saturated carbocycles. The van der Waals surface area contributed by atoms with Gasteiger partial charge in [0.1, 0.15) is 10.7 Å². The Morgan fingerprint density at radius 2 is 1.78 bits per heavy atom. The third kappa shape index (κ3) is 5.53. The fraction of sp³-hybridized carbons (Fsp3) is 0.450. The van der Waals surface area contributed by atoms with Crippen LogP contribution in [-0.4, -0.2) is 33.9 Å². The number of anilines is 1. The lowest BCUT2D eigenvalue weighted by Gasteiger charge is -2.27. The number of carbonyl (C=O) groups excluding carboxylic acids is 2. The summed E-state index contributed by atoms with van der Waals surface area (Å²) in [5.74, 6) is -0.191. The second-order valence-electron chi connectivity index (χ2n) is 7.17. The number of carbonyl (C=O) groups is 2. The van der Waals surface area contributed by atoms with Crippen molar-refractivity contribution < 1.29 is 9.59 Å². The van der Waals surface area contributed by atoms with Crippen molar-refractivity contribution in [3.8, 4) is 0 Å². The van der Waals surface area contributed by atoms with Crippen molar-refractivity contribution in [2.75, 3.05) is 5.32 Å². The predicted octanol–water partition coefficient (Wildman–Crippen LogP) is 4.34. The molecule has 2 rings (SSSR count). The molecule has 0 radical (unpaired) electrons. The van der Waals surface area contributed by atoms with E-state index in [1.54, 1.807) is 10.3 Å². The molecule has 146 valence electrons. The molecule has 1 aromatic carbocycles. The number of hydrogen-bond donors (Lipinski definition) is 2. The van der Waals surface area contributed by atoms with Gasteiger partial charge in [-0.05, 0) is 52.7 Å². The maximum absolute atomic E-state index is 12.9. The van der Waals surface area contributed by atoms with E-state index in [-0.39, 0.29) is 24.0 Å². The zero-order chi connectivity index (χ0) is 20.1. The van der Waals surface area contributed by atoms with Gasteiger partial charge in [-0.25, -0.2) is 9.78 Å². The Bertz CT molecular complexity index is 794. The average molecular weight is 389 g/mol. The highest BCUT2D eigenvalue weighted by Gasteiger charge is 2.21. The molecule has 0 unspecified atom stereocenters. The second kappa shape index (κ2) is 8.99. The highest BCUT2D eigenvalue weighted by Crippen LogP contribution is 2.21. The molecule has 2 N–H and O–H groups in total. The molecule has 27 heavy (non-hydrogen) atoms. The first-order valence-electron chi connectivity index (χ1n) is 9.08. The first kappa shape index (κ1) is 20.9. The van der Waals surface area contributed by atoms with Crippen molar-refractivity contribution in [2.24, 2.45) is 0 Å². The Morgan fingerprint density at radius 3 is 2.33 bits per heavy atom. The molecule has 0 aliphatic carbocycles. The second-order valence-corrected chi connectivity index (χ2v) is 8.12. The number of aryl methyl sites for hydroxylation is 2. The fourth-order valence-electron chi connectivity index (χ4n) is 2.65. The highest BCUT2D eigenvalue weighted by molar-refractivity contribution is 7.09. The molecule has 0 fully saturated rings. The van der Waals surface area contributed by atoms with Crippen molar-refractivity contribution in [3.05, 3.63) is 45.4 Å². The van der Waals surface area contributed by atoms with Gasteiger partial charge in [-0.15, -0.1) is 11.3 Å². The molecule has 1 aromatic heterocycles. The molecule has 6 nitrogen and oxygen atoms in total. The number of nitrogens with zero attached hydrogens (tertiary/aromatic N) is 2. The number of urea groups is 1. The summed E-state index contributed by atoms with van der Waals surface area (Å²) in [5.41, 5.74) is 3.27. The van der Waals surface area contributed by atoms with Gasteiger partial charge in [-0.1, -0.05) is 18.2 Å². The topological polar surface area (TPSA) is 74.3 Å². The monoisotopic (exact) mass is 388 g/mol. The van der Waals surface area contributed by atoms with Gasteiger partial charge < -0.3 is 15.5 Å². The third-order valence-corrected chi connectivity index (χ3v) is 4.94. The summed E-state index contributed by atoms with van der Waals surface area (Å²) in [4.78, 5) is 31.1.